The molecule has 2 aromatic carbocycles. The van der Waals surface area contributed by atoms with Gasteiger partial charge in [-0.05, 0) is 54.7 Å². The van der Waals surface area contributed by atoms with Gasteiger partial charge in [-0.15, -0.1) is 0 Å². The van der Waals surface area contributed by atoms with Crippen LogP contribution in [0.4, 0.5) is 0 Å². The molecule has 3 aliphatic rings. The second-order valence-corrected chi connectivity index (χ2v) is 10.8. The highest BCUT2D eigenvalue weighted by molar-refractivity contribution is 6.46. The number of hydrogen-bond acceptors (Lipinski definition) is 8. The van der Waals surface area contributed by atoms with Crippen molar-refractivity contribution in [3.8, 4) is 17.2 Å². The predicted octanol–water partition coefficient (Wildman–Crippen LogP) is 4.03. The summed E-state index contributed by atoms with van der Waals surface area (Å²) in [4.78, 5) is 30.8. The summed E-state index contributed by atoms with van der Waals surface area (Å²) in [6.07, 6.45) is 1.60. The Bertz CT molecular complexity index is 1250. The van der Waals surface area contributed by atoms with Crippen molar-refractivity contribution in [2.45, 2.75) is 32.7 Å². The van der Waals surface area contributed by atoms with Crippen molar-refractivity contribution in [2.75, 3.05) is 59.2 Å². The van der Waals surface area contributed by atoms with E-state index in [1.54, 1.807) is 23.1 Å². The Balaban J connectivity index is 1.47. The first-order chi connectivity index (χ1) is 19.4. The molecule has 0 bridgehead atoms. The summed E-state index contributed by atoms with van der Waals surface area (Å²) in [7, 11) is 0. The number of ketones is 1. The molecule has 0 radical (unpaired) electrons. The number of fused-ring (bicyclic) bond motifs is 1. The van der Waals surface area contributed by atoms with Crippen molar-refractivity contribution in [1.82, 2.24) is 9.80 Å². The fraction of sp³-hybridized carbons (Fsp3) is 0.484. The van der Waals surface area contributed by atoms with Gasteiger partial charge in [0.15, 0.2) is 11.5 Å². The maximum atomic E-state index is 13.5. The zero-order valence-electron chi connectivity index (χ0n) is 23.3. The van der Waals surface area contributed by atoms with E-state index in [9.17, 15) is 14.7 Å². The Kier molecular flexibility index (Phi) is 8.91. The average molecular weight is 551 g/mol. The van der Waals surface area contributed by atoms with Crippen molar-refractivity contribution in [1.29, 1.82) is 0 Å². The zero-order valence-corrected chi connectivity index (χ0v) is 23.3. The zero-order chi connectivity index (χ0) is 28.1. The molecule has 0 unspecified atom stereocenters. The lowest BCUT2D eigenvalue weighted by atomic mass is 9.95. The number of carbonyl (C=O) groups is 2. The highest BCUT2D eigenvalue weighted by atomic mass is 16.6. The minimum absolute atomic E-state index is 0.0624. The van der Waals surface area contributed by atoms with Gasteiger partial charge >= 0.3 is 0 Å². The Morgan fingerprint density at radius 1 is 1.00 bits per heavy atom. The van der Waals surface area contributed by atoms with E-state index in [2.05, 4.69) is 18.7 Å². The summed E-state index contributed by atoms with van der Waals surface area (Å²) >= 11 is 0. The third-order valence-corrected chi connectivity index (χ3v) is 7.47. The largest absolute Gasteiger partial charge is 0.507 e. The van der Waals surface area contributed by atoms with Gasteiger partial charge in [-0.25, -0.2) is 0 Å². The summed E-state index contributed by atoms with van der Waals surface area (Å²) in [5.74, 6) is 0.694. The number of aliphatic hydroxyl groups excluding tert-OH is 1. The monoisotopic (exact) mass is 550 g/mol. The molecule has 2 aromatic rings. The molecule has 1 amide bonds. The molecule has 3 aliphatic heterocycles. The first kappa shape index (κ1) is 28.0. The maximum absolute atomic E-state index is 13.5. The number of amides is 1. The van der Waals surface area contributed by atoms with E-state index in [-0.39, 0.29) is 11.3 Å². The summed E-state index contributed by atoms with van der Waals surface area (Å²) in [5.41, 5.74) is 1.17. The molecular formula is C31H38N2O7. The molecule has 0 aliphatic carbocycles. The summed E-state index contributed by atoms with van der Waals surface area (Å²) in [5, 5.41) is 11.5. The Labute approximate surface area is 235 Å². The number of likely N-dealkylation sites (tertiary alicyclic amines) is 1. The van der Waals surface area contributed by atoms with Gasteiger partial charge in [-0.1, -0.05) is 26.0 Å². The van der Waals surface area contributed by atoms with Crippen LogP contribution >= 0.6 is 0 Å². The molecule has 3 heterocycles. The number of hydrogen-bond donors (Lipinski definition) is 1. The molecule has 5 rings (SSSR count). The minimum Gasteiger partial charge on any atom is -0.507 e. The van der Waals surface area contributed by atoms with Crippen LogP contribution in [0.15, 0.2) is 48.0 Å². The number of rotatable bonds is 10. The summed E-state index contributed by atoms with van der Waals surface area (Å²) in [6, 6.07) is 11.8. The molecule has 40 heavy (non-hydrogen) atoms. The predicted molar refractivity (Wildman–Crippen MR) is 150 cm³/mol. The highest BCUT2D eigenvalue weighted by Crippen LogP contribution is 2.41. The van der Waals surface area contributed by atoms with Crippen LogP contribution in [0.1, 0.15) is 43.9 Å². The molecule has 9 heteroatoms. The van der Waals surface area contributed by atoms with E-state index in [1.165, 1.54) is 0 Å². The Morgan fingerprint density at radius 2 is 1.77 bits per heavy atom. The first-order valence-electron chi connectivity index (χ1n) is 14.1. The number of nitrogens with zero attached hydrogens (tertiary/aromatic N) is 2. The molecule has 1 atom stereocenters. The second-order valence-electron chi connectivity index (χ2n) is 10.8. The van der Waals surface area contributed by atoms with Gasteiger partial charge in [0.25, 0.3) is 11.7 Å². The smallest absolute Gasteiger partial charge is 0.295 e. The third-order valence-electron chi connectivity index (χ3n) is 7.47. The topological polar surface area (TPSA) is 97.8 Å². The van der Waals surface area contributed by atoms with Crippen molar-refractivity contribution < 1.29 is 33.6 Å². The van der Waals surface area contributed by atoms with Gasteiger partial charge in [-0.3, -0.25) is 14.5 Å². The SMILES string of the molecule is CC(C)CCOc1cccc([C@@H]2/C(=C(\O)c3ccc4c(c3)OCCO4)C(=O)C(=O)N2CCCN2CCOCC2)c1. The summed E-state index contributed by atoms with van der Waals surface area (Å²) in [6.45, 7) is 9.96. The highest BCUT2D eigenvalue weighted by Gasteiger charge is 2.46. The lowest BCUT2D eigenvalue weighted by Crippen LogP contribution is -2.38. The molecule has 0 aromatic heterocycles. The fourth-order valence-electron chi connectivity index (χ4n) is 5.28. The van der Waals surface area contributed by atoms with Crippen LogP contribution in [-0.4, -0.2) is 85.8 Å². The molecule has 1 N–H and O–H groups in total. The number of carbonyl (C=O) groups excluding carboxylic acids is 2. The molecular weight excluding hydrogens is 512 g/mol. The van der Waals surface area contributed by atoms with Crippen LogP contribution in [0, 0.1) is 5.92 Å². The van der Waals surface area contributed by atoms with Crippen molar-refractivity contribution in [3.05, 3.63) is 59.2 Å². The van der Waals surface area contributed by atoms with E-state index < -0.39 is 17.7 Å². The van der Waals surface area contributed by atoms with E-state index in [0.717, 1.165) is 26.1 Å². The molecule has 9 nitrogen and oxygen atoms in total. The number of benzene rings is 2. The van der Waals surface area contributed by atoms with Crippen molar-refractivity contribution in [3.63, 3.8) is 0 Å². The van der Waals surface area contributed by atoms with Gasteiger partial charge < -0.3 is 29.0 Å². The van der Waals surface area contributed by atoms with Crippen LogP contribution in [0.5, 0.6) is 17.2 Å². The van der Waals surface area contributed by atoms with E-state index >= 15 is 0 Å². The molecule has 2 saturated heterocycles. The van der Waals surface area contributed by atoms with Crippen LogP contribution in [-0.2, 0) is 14.3 Å². The lowest BCUT2D eigenvalue weighted by Gasteiger charge is -2.29. The minimum atomic E-state index is -0.744. The van der Waals surface area contributed by atoms with Gasteiger partial charge in [0.05, 0.1) is 31.4 Å². The van der Waals surface area contributed by atoms with Gasteiger partial charge in [-0.2, -0.15) is 0 Å². The molecule has 0 saturated carbocycles. The molecule has 0 spiro atoms. The Hall–Kier alpha value is -3.56. The van der Waals surface area contributed by atoms with Crippen LogP contribution < -0.4 is 14.2 Å². The molecule has 214 valence electrons. The van der Waals surface area contributed by atoms with E-state index in [1.807, 2.05) is 24.3 Å². The Morgan fingerprint density at radius 3 is 2.55 bits per heavy atom. The number of aliphatic hydroxyl groups is 1. The summed E-state index contributed by atoms with van der Waals surface area (Å²) < 4.78 is 22.7. The fourth-order valence-corrected chi connectivity index (χ4v) is 5.28. The number of ether oxygens (including phenoxy) is 4. The van der Waals surface area contributed by atoms with Gasteiger partial charge in [0, 0.05) is 31.7 Å². The second kappa shape index (κ2) is 12.7. The van der Waals surface area contributed by atoms with Gasteiger partial charge in [0.2, 0.25) is 0 Å². The lowest BCUT2D eigenvalue weighted by molar-refractivity contribution is -0.140. The molecule has 2 fully saturated rings. The van der Waals surface area contributed by atoms with Crippen LogP contribution in [0.25, 0.3) is 5.76 Å². The van der Waals surface area contributed by atoms with Crippen molar-refractivity contribution >= 4 is 17.4 Å². The van der Waals surface area contributed by atoms with Crippen molar-refractivity contribution in [2.24, 2.45) is 5.92 Å². The number of Topliss-reactive ketones (excluding diaryl/α,β-unsaturated/α-hetero) is 1. The first-order valence-corrected chi connectivity index (χ1v) is 14.1. The van der Waals surface area contributed by atoms with Gasteiger partial charge in [0.1, 0.15) is 24.7 Å². The number of morpholine rings is 1. The maximum Gasteiger partial charge on any atom is 0.295 e. The third kappa shape index (κ3) is 6.26. The van der Waals surface area contributed by atoms with Crippen LogP contribution in [0.2, 0.25) is 0 Å². The standard InChI is InChI=1S/C31H38N2O7/c1-21(2)9-14-38-24-6-3-5-22(19-24)28-27(29(34)23-7-8-25-26(20-23)40-18-17-39-25)30(35)31(36)33(28)11-4-10-32-12-15-37-16-13-32/h3,5-8,19-21,28,34H,4,9-18H2,1-2H3/b29-27+/t28-/m1/s1. The van der Waals surface area contributed by atoms with Crippen LogP contribution in [0.3, 0.4) is 0 Å². The normalized spacial score (nSPS) is 20.8. The van der Waals surface area contributed by atoms with E-state index in [0.29, 0.717) is 80.3 Å². The van der Waals surface area contributed by atoms with E-state index in [4.69, 9.17) is 18.9 Å². The average Bonchev–Trinajstić information content (AvgIpc) is 3.22. The quantitative estimate of drug-likeness (QED) is 0.269.